The summed E-state index contributed by atoms with van der Waals surface area (Å²) >= 11 is 0. The zero-order chi connectivity index (χ0) is 21.4. The quantitative estimate of drug-likeness (QED) is 0.279. The summed E-state index contributed by atoms with van der Waals surface area (Å²) in [6.07, 6.45) is 0. The van der Waals surface area contributed by atoms with Crippen molar-refractivity contribution in [2.24, 2.45) is 0 Å². The van der Waals surface area contributed by atoms with Gasteiger partial charge in [0.25, 0.3) is 0 Å². The molecule has 0 aromatic heterocycles. The number of fused-ring (bicyclic) bond motifs is 1. The fourth-order valence-corrected chi connectivity index (χ4v) is 3.69. The van der Waals surface area contributed by atoms with E-state index >= 15 is 0 Å². The van der Waals surface area contributed by atoms with Crippen molar-refractivity contribution < 1.29 is 25.8 Å². The summed E-state index contributed by atoms with van der Waals surface area (Å²) in [6, 6.07) is 27.2. The van der Waals surface area contributed by atoms with Crippen molar-refractivity contribution in [3.8, 4) is 28.0 Å². The first-order chi connectivity index (χ1) is 14.2. The lowest BCUT2D eigenvalue weighted by molar-refractivity contribution is -0.0500. The summed E-state index contributed by atoms with van der Waals surface area (Å²) in [5.74, 6) is -0.394. The van der Waals surface area contributed by atoms with Crippen molar-refractivity contribution in [1.82, 2.24) is 0 Å². The molecule has 0 saturated heterocycles. The van der Waals surface area contributed by atoms with Gasteiger partial charge in [0, 0.05) is 0 Å². The second kappa shape index (κ2) is 7.50. The van der Waals surface area contributed by atoms with Crippen LogP contribution in [-0.2, 0) is 10.1 Å². The van der Waals surface area contributed by atoms with Crippen LogP contribution in [0.4, 0.5) is 13.2 Å². The number of benzene rings is 4. The van der Waals surface area contributed by atoms with Gasteiger partial charge in [-0.1, -0.05) is 72.8 Å². The Hall–Kier alpha value is -3.32. The smallest absolute Gasteiger partial charge is 0.376 e. The summed E-state index contributed by atoms with van der Waals surface area (Å²) in [5, 5.41) is 1.33. The SMILES string of the molecule is O=S(=O)(Oc1ccc2c(-c3cccc(-c4ccccc4)c3)cccc2c1)C(F)(F)F. The minimum Gasteiger partial charge on any atom is -0.376 e. The van der Waals surface area contributed by atoms with Crippen molar-refractivity contribution in [1.29, 1.82) is 0 Å². The van der Waals surface area contributed by atoms with Gasteiger partial charge >= 0.3 is 15.6 Å². The molecule has 0 N–H and O–H groups in total. The van der Waals surface area contributed by atoms with E-state index < -0.39 is 21.4 Å². The molecule has 0 heterocycles. The zero-order valence-corrected chi connectivity index (χ0v) is 16.2. The maximum Gasteiger partial charge on any atom is 0.534 e. The number of rotatable bonds is 4. The van der Waals surface area contributed by atoms with Gasteiger partial charge in [0.1, 0.15) is 5.75 Å². The zero-order valence-electron chi connectivity index (χ0n) is 15.4. The van der Waals surface area contributed by atoms with Gasteiger partial charge in [-0.05, 0) is 51.2 Å². The van der Waals surface area contributed by atoms with E-state index in [1.54, 1.807) is 18.2 Å². The van der Waals surface area contributed by atoms with Crippen molar-refractivity contribution in [2.75, 3.05) is 0 Å². The minimum atomic E-state index is -5.72. The van der Waals surface area contributed by atoms with E-state index in [1.165, 1.54) is 12.1 Å². The van der Waals surface area contributed by atoms with E-state index in [0.717, 1.165) is 27.6 Å². The Balaban J connectivity index is 1.75. The lowest BCUT2D eigenvalue weighted by Crippen LogP contribution is -2.28. The number of hydrogen-bond acceptors (Lipinski definition) is 3. The highest BCUT2D eigenvalue weighted by atomic mass is 32.2. The summed E-state index contributed by atoms with van der Waals surface area (Å²) in [4.78, 5) is 0. The second-order valence-corrected chi connectivity index (χ2v) is 8.16. The predicted octanol–water partition coefficient (Wildman–Crippen LogP) is 6.40. The third-order valence-corrected chi connectivity index (χ3v) is 5.60. The van der Waals surface area contributed by atoms with E-state index in [4.69, 9.17) is 0 Å². The standard InChI is InChI=1S/C23H15F3O3S/c24-23(25,26)30(27,28)29-20-12-13-22-19(15-20)10-5-11-21(22)18-9-4-8-17(14-18)16-6-2-1-3-7-16/h1-15H. The maximum absolute atomic E-state index is 12.6. The van der Waals surface area contributed by atoms with Gasteiger partial charge in [0.2, 0.25) is 0 Å². The summed E-state index contributed by atoms with van der Waals surface area (Å²) in [7, 11) is -5.72. The van der Waals surface area contributed by atoms with Gasteiger partial charge in [0.15, 0.2) is 0 Å². The molecule has 4 aromatic carbocycles. The third kappa shape index (κ3) is 3.89. The van der Waals surface area contributed by atoms with Crippen LogP contribution < -0.4 is 4.18 Å². The molecule has 4 aromatic rings. The largest absolute Gasteiger partial charge is 0.534 e. The highest BCUT2D eigenvalue weighted by Crippen LogP contribution is 2.34. The Labute approximate surface area is 171 Å². The Kier molecular flexibility index (Phi) is 4.99. The Morgan fingerprint density at radius 1 is 0.667 bits per heavy atom. The average molecular weight is 428 g/mol. The molecule has 0 atom stereocenters. The van der Waals surface area contributed by atoms with Crippen LogP contribution in [0.5, 0.6) is 5.75 Å². The second-order valence-electron chi connectivity index (χ2n) is 6.62. The van der Waals surface area contributed by atoms with Gasteiger partial charge in [-0.2, -0.15) is 21.6 Å². The fourth-order valence-electron chi connectivity index (χ4n) is 3.24. The first-order valence-corrected chi connectivity index (χ1v) is 10.3. The van der Waals surface area contributed by atoms with Crippen molar-refractivity contribution in [3.05, 3.63) is 91.0 Å². The number of hydrogen-bond donors (Lipinski definition) is 0. The van der Waals surface area contributed by atoms with Crippen LogP contribution in [0.1, 0.15) is 0 Å². The first-order valence-electron chi connectivity index (χ1n) is 8.94. The van der Waals surface area contributed by atoms with E-state index in [2.05, 4.69) is 4.18 Å². The van der Waals surface area contributed by atoms with Gasteiger partial charge in [-0.3, -0.25) is 0 Å². The van der Waals surface area contributed by atoms with Crippen LogP contribution in [-0.4, -0.2) is 13.9 Å². The van der Waals surface area contributed by atoms with Crippen LogP contribution in [0.25, 0.3) is 33.0 Å². The fraction of sp³-hybridized carbons (Fsp3) is 0.0435. The van der Waals surface area contributed by atoms with Crippen molar-refractivity contribution >= 4 is 20.9 Å². The average Bonchev–Trinajstić information content (AvgIpc) is 2.73. The van der Waals surface area contributed by atoms with E-state index in [1.807, 2.05) is 60.7 Å². The number of alkyl halides is 3. The first kappa shape index (κ1) is 20.0. The van der Waals surface area contributed by atoms with Crippen LogP contribution in [0, 0.1) is 0 Å². The molecular weight excluding hydrogens is 413 g/mol. The minimum absolute atomic E-state index is 0.394. The molecule has 0 bridgehead atoms. The lowest BCUT2D eigenvalue weighted by atomic mass is 9.95. The molecule has 0 aliphatic rings. The van der Waals surface area contributed by atoms with E-state index in [9.17, 15) is 21.6 Å². The molecular formula is C23H15F3O3S. The Morgan fingerprint density at radius 2 is 1.33 bits per heavy atom. The molecule has 0 unspecified atom stereocenters. The normalized spacial score (nSPS) is 12.1. The van der Waals surface area contributed by atoms with Gasteiger partial charge in [-0.15, -0.1) is 0 Å². The molecule has 0 fully saturated rings. The van der Waals surface area contributed by atoms with Crippen LogP contribution >= 0.6 is 0 Å². The molecule has 0 amide bonds. The van der Waals surface area contributed by atoms with Crippen LogP contribution in [0.2, 0.25) is 0 Å². The van der Waals surface area contributed by atoms with E-state index in [0.29, 0.717) is 5.39 Å². The Morgan fingerprint density at radius 3 is 2.07 bits per heavy atom. The molecule has 0 radical (unpaired) electrons. The van der Waals surface area contributed by atoms with Crippen molar-refractivity contribution in [2.45, 2.75) is 5.51 Å². The third-order valence-electron chi connectivity index (χ3n) is 4.62. The number of halogens is 3. The molecule has 152 valence electrons. The molecule has 3 nitrogen and oxygen atoms in total. The summed E-state index contributed by atoms with van der Waals surface area (Å²) < 4.78 is 64.5. The van der Waals surface area contributed by atoms with Gasteiger partial charge < -0.3 is 4.18 Å². The maximum atomic E-state index is 12.6. The van der Waals surface area contributed by atoms with Gasteiger partial charge in [0.05, 0.1) is 0 Å². The molecule has 30 heavy (non-hydrogen) atoms. The topological polar surface area (TPSA) is 43.4 Å². The Bertz CT molecular complexity index is 1310. The monoisotopic (exact) mass is 428 g/mol. The summed E-state index contributed by atoms with van der Waals surface area (Å²) in [5.41, 5.74) is -1.59. The lowest BCUT2D eigenvalue weighted by Gasteiger charge is -2.12. The van der Waals surface area contributed by atoms with Crippen LogP contribution in [0.3, 0.4) is 0 Å². The van der Waals surface area contributed by atoms with E-state index in [-0.39, 0.29) is 0 Å². The van der Waals surface area contributed by atoms with Gasteiger partial charge in [-0.25, -0.2) is 0 Å². The highest BCUT2D eigenvalue weighted by Gasteiger charge is 2.48. The molecule has 4 rings (SSSR count). The molecule has 0 aliphatic carbocycles. The molecule has 0 saturated carbocycles. The molecule has 0 aliphatic heterocycles. The van der Waals surface area contributed by atoms with Crippen molar-refractivity contribution in [3.63, 3.8) is 0 Å². The molecule has 7 heteroatoms. The predicted molar refractivity (Wildman–Crippen MR) is 110 cm³/mol. The molecule has 0 spiro atoms. The highest BCUT2D eigenvalue weighted by molar-refractivity contribution is 7.88. The van der Waals surface area contributed by atoms with Crippen LogP contribution in [0.15, 0.2) is 91.0 Å². The summed E-state index contributed by atoms with van der Waals surface area (Å²) in [6.45, 7) is 0.